The van der Waals surface area contributed by atoms with E-state index in [9.17, 15) is 0 Å². The summed E-state index contributed by atoms with van der Waals surface area (Å²) in [6.07, 6.45) is 7.71. The van der Waals surface area contributed by atoms with Gasteiger partial charge < -0.3 is 0 Å². The minimum atomic E-state index is 0.230. The quantitative estimate of drug-likeness (QED) is 0.693. The molecule has 1 aliphatic rings. The van der Waals surface area contributed by atoms with Crippen molar-refractivity contribution in [1.82, 2.24) is 20.2 Å². The van der Waals surface area contributed by atoms with E-state index >= 15 is 0 Å². The summed E-state index contributed by atoms with van der Waals surface area (Å²) in [5, 5.41) is 13.0. The standard InChI is InChI=1S/C16H22N4S/c21-13-16(10-6-1-2-7-11-16)12-20-18-15(17-19-20)14-8-4-3-5-9-14/h3-5,8-9,21H,1-2,6-7,10-13H2. The number of tetrazole rings is 1. The third-order valence-electron chi connectivity index (χ3n) is 4.46. The third-order valence-corrected chi connectivity index (χ3v) is 5.13. The molecule has 1 heterocycles. The normalized spacial score (nSPS) is 18.3. The van der Waals surface area contributed by atoms with E-state index in [-0.39, 0.29) is 5.41 Å². The molecule has 0 spiro atoms. The molecule has 0 N–H and O–H groups in total. The Labute approximate surface area is 131 Å². The predicted molar refractivity (Wildman–Crippen MR) is 87.2 cm³/mol. The van der Waals surface area contributed by atoms with Gasteiger partial charge >= 0.3 is 0 Å². The molecule has 1 aromatic carbocycles. The molecule has 3 rings (SSSR count). The van der Waals surface area contributed by atoms with Crippen molar-refractivity contribution in [3.05, 3.63) is 30.3 Å². The fraction of sp³-hybridized carbons (Fsp3) is 0.562. The van der Waals surface area contributed by atoms with Gasteiger partial charge in [0.15, 0.2) is 0 Å². The van der Waals surface area contributed by atoms with Crippen molar-refractivity contribution in [3.63, 3.8) is 0 Å². The van der Waals surface area contributed by atoms with Crippen LogP contribution in [0.1, 0.15) is 38.5 Å². The van der Waals surface area contributed by atoms with Crippen LogP contribution in [-0.2, 0) is 6.54 Å². The van der Waals surface area contributed by atoms with Crippen LogP contribution in [0.3, 0.4) is 0 Å². The average molecular weight is 302 g/mol. The Hall–Kier alpha value is -1.36. The highest BCUT2D eigenvalue weighted by Gasteiger charge is 2.31. The molecule has 1 saturated carbocycles. The van der Waals surface area contributed by atoms with E-state index in [1.807, 2.05) is 30.3 Å². The zero-order valence-corrected chi connectivity index (χ0v) is 13.2. The number of benzene rings is 1. The lowest BCUT2D eigenvalue weighted by atomic mass is 9.82. The van der Waals surface area contributed by atoms with Crippen LogP contribution in [0.4, 0.5) is 0 Å². The zero-order valence-electron chi connectivity index (χ0n) is 12.3. The van der Waals surface area contributed by atoms with E-state index in [2.05, 4.69) is 28.0 Å². The maximum absolute atomic E-state index is 4.61. The monoisotopic (exact) mass is 302 g/mol. The molecule has 0 radical (unpaired) electrons. The number of thiol groups is 1. The lowest BCUT2D eigenvalue weighted by Crippen LogP contribution is -2.29. The minimum absolute atomic E-state index is 0.230. The molecule has 0 bridgehead atoms. The number of hydrogen-bond donors (Lipinski definition) is 1. The fourth-order valence-electron chi connectivity index (χ4n) is 3.16. The molecule has 0 atom stereocenters. The number of nitrogens with zero attached hydrogens (tertiary/aromatic N) is 4. The first-order chi connectivity index (χ1) is 10.3. The van der Waals surface area contributed by atoms with Crippen LogP contribution in [0.5, 0.6) is 0 Å². The van der Waals surface area contributed by atoms with Crippen molar-refractivity contribution in [2.45, 2.75) is 45.1 Å². The summed E-state index contributed by atoms with van der Waals surface area (Å²) >= 11 is 4.61. The van der Waals surface area contributed by atoms with Gasteiger partial charge in [0.05, 0.1) is 6.54 Å². The second kappa shape index (κ2) is 6.60. The first-order valence-electron chi connectivity index (χ1n) is 7.75. The number of aromatic nitrogens is 4. The van der Waals surface area contributed by atoms with Crippen LogP contribution in [0, 0.1) is 5.41 Å². The summed E-state index contributed by atoms with van der Waals surface area (Å²) in [7, 11) is 0. The van der Waals surface area contributed by atoms with E-state index in [1.54, 1.807) is 4.80 Å². The van der Waals surface area contributed by atoms with Crippen molar-refractivity contribution in [2.75, 3.05) is 5.75 Å². The van der Waals surface area contributed by atoms with Gasteiger partial charge in [-0.1, -0.05) is 56.0 Å². The van der Waals surface area contributed by atoms with Crippen LogP contribution in [0.15, 0.2) is 30.3 Å². The van der Waals surface area contributed by atoms with Gasteiger partial charge in [-0.2, -0.15) is 17.4 Å². The molecule has 0 aliphatic heterocycles. The second-order valence-electron chi connectivity index (χ2n) is 6.08. The predicted octanol–water partition coefficient (Wildman–Crippen LogP) is 3.61. The molecule has 112 valence electrons. The van der Waals surface area contributed by atoms with E-state index in [0.717, 1.165) is 17.9 Å². The first-order valence-corrected chi connectivity index (χ1v) is 8.39. The number of rotatable bonds is 4. The highest BCUT2D eigenvalue weighted by atomic mass is 32.1. The minimum Gasteiger partial charge on any atom is -0.179 e. The van der Waals surface area contributed by atoms with Crippen molar-refractivity contribution in [1.29, 1.82) is 0 Å². The van der Waals surface area contributed by atoms with Gasteiger partial charge in [-0.3, -0.25) is 0 Å². The summed E-state index contributed by atoms with van der Waals surface area (Å²) in [5.74, 6) is 1.61. The summed E-state index contributed by atoms with van der Waals surface area (Å²) < 4.78 is 0. The Bertz CT molecular complexity index is 559. The van der Waals surface area contributed by atoms with Crippen LogP contribution in [0.25, 0.3) is 11.4 Å². The van der Waals surface area contributed by atoms with Crippen LogP contribution < -0.4 is 0 Å². The highest BCUT2D eigenvalue weighted by Crippen LogP contribution is 2.37. The summed E-state index contributed by atoms with van der Waals surface area (Å²) in [6.45, 7) is 0.830. The van der Waals surface area contributed by atoms with E-state index < -0.39 is 0 Å². The van der Waals surface area contributed by atoms with E-state index in [1.165, 1.54) is 38.5 Å². The molecule has 1 aliphatic carbocycles. The molecule has 21 heavy (non-hydrogen) atoms. The van der Waals surface area contributed by atoms with Crippen molar-refractivity contribution in [3.8, 4) is 11.4 Å². The topological polar surface area (TPSA) is 43.6 Å². The first kappa shape index (κ1) is 14.6. The molecule has 0 amide bonds. The van der Waals surface area contributed by atoms with Crippen LogP contribution in [0.2, 0.25) is 0 Å². The fourth-order valence-corrected chi connectivity index (χ4v) is 3.57. The molecule has 2 aromatic rings. The smallest absolute Gasteiger partial charge is 0.179 e. The van der Waals surface area contributed by atoms with E-state index in [0.29, 0.717) is 5.82 Å². The van der Waals surface area contributed by atoms with Gasteiger partial charge in [0, 0.05) is 11.0 Å². The Balaban J connectivity index is 1.76. The van der Waals surface area contributed by atoms with Gasteiger partial charge in [-0.25, -0.2) is 0 Å². The molecular formula is C16H22N4S. The molecule has 1 aromatic heterocycles. The summed E-state index contributed by atoms with van der Waals surface area (Å²) in [6, 6.07) is 10.0. The molecular weight excluding hydrogens is 280 g/mol. The molecule has 1 fully saturated rings. The van der Waals surface area contributed by atoms with Crippen molar-refractivity contribution < 1.29 is 0 Å². The second-order valence-corrected chi connectivity index (χ2v) is 6.40. The average Bonchev–Trinajstić information content (AvgIpc) is 2.86. The van der Waals surface area contributed by atoms with Gasteiger partial charge in [-0.15, -0.1) is 10.2 Å². The lowest BCUT2D eigenvalue weighted by molar-refractivity contribution is 0.216. The van der Waals surface area contributed by atoms with Crippen molar-refractivity contribution in [2.24, 2.45) is 5.41 Å². The molecule has 0 saturated heterocycles. The Morgan fingerprint density at radius 3 is 2.43 bits per heavy atom. The Kier molecular flexibility index (Phi) is 4.58. The summed E-state index contributed by atoms with van der Waals surface area (Å²) in [4.78, 5) is 1.77. The lowest BCUT2D eigenvalue weighted by Gasteiger charge is -2.30. The van der Waals surface area contributed by atoms with Crippen LogP contribution in [-0.4, -0.2) is 26.0 Å². The highest BCUT2D eigenvalue weighted by molar-refractivity contribution is 7.80. The molecule has 0 unspecified atom stereocenters. The van der Waals surface area contributed by atoms with Gasteiger partial charge in [-0.05, 0) is 23.8 Å². The number of hydrogen-bond acceptors (Lipinski definition) is 4. The maximum atomic E-state index is 4.61. The Morgan fingerprint density at radius 1 is 1.05 bits per heavy atom. The molecule has 4 nitrogen and oxygen atoms in total. The van der Waals surface area contributed by atoms with Gasteiger partial charge in [0.1, 0.15) is 0 Å². The SMILES string of the molecule is SCC1(Cn2nnc(-c3ccccc3)n2)CCCCCC1. The van der Waals surface area contributed by atoms with E-state index in [4.69, 9.17) is 0 Å². The third kappa shape index (κ3) is 3.46. The zero-order chi connectivity index (χ0) is 14.5. The molecule has 5 heteroatoms. The van der Waals surface area contributed by atoms with Gasteiger partial charge in [0.25, 0.3) is 0 Å². The van der Waals surface area contributed by atoms with Crippen molar-refractivity contribution >= 4 is 12.6 Å². The van der Waals surface area contributed by atoms with Gasteiger partial charge in [0.2, 0.25) is 5.82 Å². The largest absolute Gasteiger partial charge is 0.204 e. The maximum Gasteiger partial charge on any atom is 0.204 e. The Morgan fingerprint density at radius 2 is 1.76 bits per heavy atom. The summed E-state index contributed by atoms with van der Waals surface area (Å²) in [5.41, 5.74) is 1.25. The van der Waals surface area contributed by atoms with Crippen LogP contribution >= 0.6 is 12.6 Å².